The Morgan fingerprint density at radius 2 is 1.63 bits per heavy atom. The molecule has 0 spiro atoms. The molecule has 2 rings (SSSR count). The highest BCUT2D eigenvalue weighted by Gasteiger charge is 2.30. The summed E-state index contributed by atoms with van der Waals surface area (Å²) in [5.74, 6) is 0.600. The Morgan fingerprint density at radius 3 is 2.26 bits per heavy atom. The highest BCUT2D eigenvalue weighted by atomic mass is 16.5. The van der Waals surface area contributed by atoms with Gasteiger partial charge in [0.05, 0.1) is 12.1 Å². The Hall–Kier alpha value is -2.33. The lowest BCUT2D eigenvalue weighted by Gasteiger charge is -2.31. The summed E-state index contributed by atoms with van der Waals surface area (Å²) in [5.41, 5.74) is 0.655. The van der Waals surface area contributed by atoms with Crippen molar-refractivity contribution in [1.82, 2.24) is 0 Å². The maximum absolute atomic E-state index is 12.1. The van der Waals surface area contributed by atoms with Crippen LogP contribution in [-0.2, 0) is 9.53 Å². The van der Waals surface area contributed by atoms with E-state index in [1.807, 2.05) is 61.5 Å². The van der Waals surface area contributed by atoms with E-state index in [0.29, 0.717) is 24.4 Å². The van der Waals surface area contributed by atoms with Gasteiger partial charge in [-0.2, -0.15) is 0 Å². The highest BCUT2D eigenvalue weighted by molar-refractivity contribution is 6.14. The lowest BCUT2D eigenvalue weighted by molar-refractivity contribution is -0.137. The fourth-order valence-electron chi connectivity index (χ4n) is 2.80. The molecular weight excluding hydrogens is 335 g/mol. The zero-order valence-corrected chi connectivity index (χ0v) is 16.6. The minimum atomic E-state index is -0.937. The van der Waals surface area contributed by atoms with E-state index < -0.39 is 11.1 Å². The first-order chi connectivity index (χ1) is 12.6. The van der Waals surface area contributed by atoms with Crippen molar-refractivity contribution in [2.45, 2.75) is 45.2 Å². The molecule has 2 aromatic rings. The molecule has 140 valence electrons. The van der Waals surface area contributed by atoms with Gasteiger partial charge in [-0.3, -0.25) is 4.79 Å². The Labute approximate surface area is 163 Å². The van der Waals surface area contributed by atoms with Gasteiger partial charge in [-0.15, -0.1) is 0 Å². The van der Waals surface area contributed by atoms with Crippen molar-refractivity contribution >= 4 is 13.6 Å². The van der Waals surface area contributed by atoms with E-state index in [9.17, 15) is 4.79 Å². The molecule has 0 saturated heterocycles. The summed E-state index contributed by atoms with van der Waals surface area (Å²) in [6.45, 7) is 11.0. The van der Waals surface area contributed by atoms with Gasteiger partial charge in [0.15, 0.2) is 5.78 Å². The predicted octanol–water partition coefficient (Wildman–Crippen LogP) is 4.95. The maximum Gasteiger partial charge on any atom is 0.189 e. The summed E-state index contributed by atoms with van der Waals surface area (Å²) >= 11 is 0. The molecule has 1 unspecified atom stereocenters. The van der Waals surface area contributed by atoms with Gasteiger partial charge >= 0.3 is 0 Å². The molecule has 0 aliphatic carbocycles. The number of ketones is 1. The van der Waals surface area contributed by atoms with Crippen LogP contribution in [0.2, 0.25) is 0 Å². The zero-order valence-electron chi connectivity index (χ0n) is 16.6. The standard InChI is InChI=1S/C23H27BO3/c1-17(2)21(25)22(3,4)26-16-15-23(5,24)27-20-14-10-9-13-19(20)18-11-7-6-8-12-18/h6-14H,1,15-16H2,2-5H3. The number of carbonyl (C=O) groups is 1. The monoisotopic (exact) mass is 362 g/mol. The third kappa shape index (κ3) is 5.83. The minimum Gasteiger partial charge on any atom is -0.497 e. The van der Waals surface area contributed by atoms with Crippen molar-refractivity contribution in [3.63, 3.8) is 0 Å². The van der Waals surface area contributed by atoms with Crippen LogP contribution in [0.1, 0.15) is 34.1 Å². The first-order valence-corrected chi connectivity index (χ1v) is 9.09. The number of ether oxygens (including phenoxy) is 2. The average molecular weight is 362 g/mol. The van der Waals surface area contributed by atoms with Crippen LogP contribution < -0.4 is 4.74 Å². The molecule has 0 amide bonds. The van der Waals surface area contributed by atoms with Gasteiger partial charge in [-0.25, -0.2) is 0 Å². The van der Waals surface area contributed by atoms with Crippen molar-refractivity contribution < 1.29 is 14.3 Å². The number of para-hydroxylation sites is 1. The Morgan fingerprint density at radius 1 is 1.04 bits per heavy atom. The van der Waals surface area contributed by atoms with Gasteiger partial charge in [0.2, 0.25) is 0 Å². The van der Waals surface area contributed by atoms with E-state index in [2.05, 4.69) is 6.58 Å². The first-order valence-electron chi connectivity index (χ1n) is 9.09. The Bertz CT molecular complexity index is 794. The van der Waals surface area contributed by atoms with Crippen LogP contribution >= 0.6 is 0 Å². The number of hydrogen-bond acceptors (Lipinski definition) is 3. The van der Waals surface area contributed by atoms with Gasteiger partial charge in [-0.05, 0) is 44.9 Å². The quantitative estimate of drug-likeness (QED) is 0.468. The van der Waals surface area contributed by atoms with Crippen LogP contribution in [0, 0.1) is 0 Å². The van der Waals surface area contributed by atoms with Crippen molar-refractivity contribution in [1.29, 1.82) is 0 Å². The molecule has 0 fully saturated rings. The van der Waals surface area contributed by atoms with Gasteiger partial charge in [0, 0.05) is 12.0 Å². The largest absolute Gasteiger partial charge is 0.497 e. The Balaban J connectivity index is 2.05. The third-order valence-electron chi connectivity index (χ3n) is 4.31. The van der Waals surface area contributed by atoms with E-state index in [1.54, 1.807) is 20.8 Å². The summed E-state index contributed by atoms with van der Waals surface area (Å²) in [4.78, 5) is 12.1. The predicted molar refractivity (Wildman–Crippen MR) is 111 cm³/mol. The lowest BCUT2D eigenvalue weighted by atomic mass is 9.80. The summed E-state index contributed by atoms with van der Waals surface area (Å²) < 4.78 is 11.9. The second-order valence-corrected chi connectivity index (χ2v) is 7.50. The molecule has 0 saturated carbocycles. The van der Waals surface area contributed by atoms with E-state index in [4.69, 9.17) is 17.3 Å². The normalized spacial score (nSPS) is 13.6. The molecule has 0 bridgehead atoms. The molecule has 2 aromatic carbocycles. The van der Waals surface area contributed by atoms with E-state index in [-0.39, 0.29) is 5.78 Å². The summed E-state index contributed by atoms with van der Waals surface area (Å²) in [6, 6.07) is 17.8. The topological polar surface area (TPSA) is 35.5 Å². The molecule has 3 nitrogen and oxygen atoms in total. The number of hydrogen-bond donors (Lipinski definition) is 0. The van der Waals surface area contributed by atoms with Crippen molar-refractivity contribution in [2.24, 2.45) is 0 Å². The van der Waals surface area contributed by atoms with Crippen LogP contribution in [0.5, 0.6) is 5.75 Å². The summed E-state index contributed by atoms with van der Waals surface area (Å²) in [6.07, 6.45) is 0.434. The molecule has 0 aliphatic rings. The molecule has 1 atom stereocenters. The zero-order chi connectivity index (χ0) is 20.1. The van der Waals surface area contributed by atoms with Crippen molar-refractivity contribution in [2.75, 3.05) is 6.61 Å². The SMILES string of the molecule is [B]C(C)(CCOC(C)(C)C(=O)C(=C)C)Oc1ccccc1-c1ccccc1. The van der Waals surface area contributed by atoms with E-state index in [0.717, 1.165) is 11.1 Å². The van der Waals surface area contributed by atoms with Crippen LogP contribution in [0.3, 0.4) is 0 Å². The molecule has 4 heteroatoms. The Kier molecular flexibility index (Phi) is 6.66. The van der Waals surface area contributed by atoms with Gasteiger partial charge in [-0.1, -0.05) is 55.1 Å². The molecule has 0 aromatic heterocycles. The van der Waals surface area contributed by atoms with Crippen LogP contribution in [0.25, 0.3) is 11.1 Å². The molecular formula is C23H27BO3. The van der Waals surface area contributed by atoms with Gasteiger partial charge < -0.3 is 9.47 Å². The fraction of sp³-hybridized carbons (Fsp3) is 0.348. The maximum atomic E-state index is 12.1. The lowest BCUT2D eigenvalue weighted by Crippen LogP contribution is -2.39. The third-order valence-corrected chi connectivity index (χ3v) is 4.31. The second-order valence-electron chi connectivity index (χ2n) is 7.50. The number of carbonyl (C=O) groups excluding carboxylic acids is 1. The van der Waals surface area contributed by atoms with E-state index >= 15 is 0 Å². The minimum absolute atomic E-state index is 0.114. The van der Waals surface area contributed by atoms with Gasteiger partial charge in [0.1, 0.15) is 19.2 Å². The number of rotatable bonds is 9. The second kappa shape index (κ2) is 8.58. The smallest absolute Gasteiger partial charge is 0.189 e. The highest BCUT2D eigenvalue weighted by Crippen LogP contribution is 2.32. The average Bonchev–Trinajstić information content (AvgIpc) is 2.61. The van der Waals surface area contributed by atoms with Crippen LogP contribution in [0.15, 0.2) is 66.7 Å². The van der Waals surface area contributed by atoms with Crippen molar-refractivity contribution in [3.8, 4) is 16.9 Å². The molecule has 27 heavy (non-hydrogen) atoms. The first kappa shape index (κ1) is 21.0. The number of Topliss-reactive ketones (excluding diaryl/α,β-unsaturated/α-hetero) is 1. The van der Waals surface area contributed by atoms with Crippen LogP contribution in [0.4, 0.5) is 0 Å². The molecule has 0 aliphatic heterocycles. The van der Waals surface area contributed by atoms with Crippen LogP contribution in [-0.4, -0.2) is 31.3 Å². The van der Waals surface area contributed by atoms with E-state index in [1.165, 1.54) is 0 Å². The fourth-order valence-corrected chi connectivity index (χ4v) is 2.80. The van der Waals surface area contributed by atoms with Gasteiger partial charge in [0.25, 0.3) is 0 Å². The summed E-state index contributed by atoms with van der Waals surface area (Å²) in [7, 11) is 6.36. The van der Waals surface area contributed by atoms with Crippen molar-refractivity contribution in [3.05, 3.63) is 66.7 Å². The molecule has 0 heterocycles. The molecule has 2 radical (unpaired) electrons. The molecule has 0 N–H and O–H groups in total. The summed E-state index contributed by atoms with van der Waals surface area (Å²) in [5, 5.41) is 0. The number of benzene rings is 2.